The normalized spacial score (nSPS) is 13.6. The zero-order chi connectivity index (χ0) is 19.3. The van der Waals surface area contributed by atoms with Crippen molar-refractivity contribution in [1.82, 2.24) is 14.1 Å². The van der Waals surface area contributed by atoms with Gasteiger partial charge < -0.3 is 14.1 Å². The Bertz CT molecular complexity index is 1620. The molecule has 6 aromatic rings. The molecule has 3 aromatic carbocycles. The zero-order valence-corrected chi connectivity index (χ0v) is 16.6. The number of aromatic nitrogens is 3. The van der Waals surface area contributed by atoms with Gasteiger partial charge in [0.2, 0.25) is 0 Å². The van der Waals surface area contributed by atoms with Gasteiger partial charge in [-0.15, -0.1) is 0 Å². The lowest BCUT2D eigenvalue weighted by molar-refractivity contribution is 0.887. The van der Waals surface area contributed by atoms with Crippen LogP contribution >= 0.6 is 0 Å². The third-order valence-electron chi connectivity index (χ3n) is 6.98. The highest BCUT2D eigenvalue weighted by Crippen LogP contribution is 2.45. The fraction of sp³-hybridized carbons (Fsp3) is 0.154. The second-order valence-electron chi connectivity index (χ2n) is 8.34. The maximum atomic E-state index is 3.68. The fourth-order valence-electron chi connectivity index (χ4n) is 5.74. The van der Waals surface area contributed by atoms with Crippen LogP contribution in [0.5, 0.6) is 0 Å². The molecule has 7 rings (SSSR count). The first-order valence-electron chi connectivity index (χ1n) is 10.3. The first-order chi connectivity index (χ1) is 14.2. The van der Waals surface area contributed by atoms with E-state index >= 15 is 0 Å². The second-order valence-corrected chi connectivity index (χ2v) is 8.34. The molecule has 0 radical (unpaired) electrons. The van der Waals surface area contributed by atoms with Crippen LogP contribution in [0.1, 0.15) is 11.3 Å². The molecule has 0 spiro atoms. The van der Waals surface area contributed by atoms with E-state index in [4.69, 9.17) is 0 Å². The Morgan fingerprint density at radius 2 is 1.52 bits per heavy atom. The van der Waals surface area contributed by atoms with Crippen molar-refractivity contribution in [3.05, 3.63) is 71.9 Å². The molecule has 0 unspecified atom stereocenters. The van der Waals surface area contributed by atoms with E-state index in [1.165, 1.54) is 66.1 Å². The molecule has 29 heavy (non-hydrogen) atoms. The summed E-state index contributed by atoms with van der Waals surface area (Å²) in [5.41, 5.74) is 10.9. The van der Waals surface area contributed by atoms with Crippen LogP contribution in [-0.4, -0.2) is 14.1 Å². The van der Waals surface area contributed by atoms with E-state index in [0.29, 0.717) is 0 Å². The Morgan fingerprint density at radius 3 is 2.41 bits per heavy atom. The van der Waals surface area contributed by atoms with Crippen LogP contribution in [0.3, 0.4) is 0 Å². The Balaban J connectivity index is 1.72. The highest BCUT2D eigenvalue weighted by atomic mass is 15.0. The number of H-pyrrole nitrogens is 1. The number of benzene rings is 3. The van der Waals surface area contributed by atoms with E-state index in [2.05, 4.69) is 88.9 Å². The van der Waals surface area contributed by atoms with Crippen LogP contribution in [0.15, 0.2) is 60.7 Å². The average molecular weight is 375 g/mol. The highest BCUT2D eigenvalue weighted by Gasteiger charge is 2.28. The minimum Gasteiger partial charge on any atom is -0.358 e. The van der Waals surface area contributed by atoms with Gasteiger partial charge in [-0.3, -0.25) is 0 Å². The molecule has 3 aromatic heterocycles. The van der Waals surface area contributed by atoms with Crippen LogP contribution in [0.4, 0.5) is 0 Å². The van der Waals surface area contributed by atoms with Gasteiger partial charge in [-0.25, -0.2) is 0 Å². The summed E-state index contributed by atoms with van der Waals surface area (Å²) < 4.78 is 4.78. The van der Waals surface area contributed by atoms with Crippen LogP contribution in [0, 0.1) is 0 Å². The summed E-state index contributed by atoms with van der Waals surface area (Å²) in [7, 11) is 4.43. The van der Waals surface area contributed by atoms with Gasteiger partial charge in [0.15, 0.2) is 0 Å². The number of nitrogens with zero attached hydrogens (tertiary/aromatic N) is 2. The van der Waals surface area contributed by atoms with Crippen molar-refractivity contribution in [1.29, 1.82) is 0 Å². The van der Waals surface area contributed by atoms with Gasteiger partial charge >= 0.3 is 0 Å². The molecule has 0 atom stereocenters. The molecule has 3 nitrogen and oxygen atoms in total. The number of aryl methyl sites for hydroxylation is 4. The molecule has 0 aliphatic heterocycles. The number of hydrogen-bond donors (Lipinski definition) is 1. The predicted octanol–water partition coefficient (Wildman–Crippen LogP) is 6.07. The molecule has 3 heterocycles. The van der Waals surface area contributed by atoms with E-state index in [1.807, 2.05) is 0 Å². The molecule has 3 heteroatoms. The molecule has 0 saturated heterocycles. The molecule has 1 N–H and O–H groups in total. The first kappa shape index (κ1) is 15.5. The molecule has 140 valence electrons. The summed E-state index contributed by atoms with van der Waals surface area (Å²) >= 11 is 0. The maximum Gasteiger partial charge on any atom is 0.0587 e. The van der Waals surface area contributed by atoms with Crippen molar-refractivity contribution < 1.29 is 0 Å². The minimum absolute atomic E-state index is 1.07. The van der Waals surface area contributed by atoms with Crippen molar-refractivity contribution in [3.63, 3.8) is 0 Å². The molecule has 1 aliphatic rings. The molecular formula is C26H21N3. The fourth-order valence-corrected chi connectivity index (χ4v) is 5.74. The smallest absolute Gasteiger partial charge is 0.0587 e. The molecule has 0 bridgehead atoms. The number of rotatable bonds is 0. The van der Waals surface area contributed by atoms with Crippen molar-refractivity contribution >= 4 is 43.6 Å². The standard InChI is InChI=1S/C26H21N3/c1-28-21-10-6-4-8-18(21)24-22(28)14-12-16-15-11-13-20-23(25(15)29(2)26(16)24)17-7-3-5-9-19(17)27-20/h3-10,12,14,27H,11,13H2,1-2H3. The lowest BCUT2D eigenvalue weighted by atomic mass is 9.92. The SMILES string of the molecule is Cn1c2c(c3ccc4c(c5ccccc5n4C)c31)CCc1[nH]c3ccccc3c1-2. The largest absolute Gasteiger partial charge is 0.358 e. The lowest BCUT2D eigenvalue weighted by Gasteiger charge is -2.15. The van der Waals surface area contributed by atoms with Gasteiger partial charge in [-0.2, -0.15) is 0 Å². The average Bonchev–Trinajstić information content (AvgIpc) is 3.37. The number of aromatic amines is 1. The quantitative estimate of drug-likeness (QED) is 0.333. The Morgan fingerprint density at radius 1 is 0.724 bits per heavy atom. The number of para-hydroxylation sites is 2. The summed E-state index contributed by atoms with van der Waals surface area (Å²) in [6.45, 7) is 0. The summed E-state index contributed by atoms with van der Waals surface area (Å²) in [4.78, 5) is 3.68. The molecule has 0 saturated carbocycles. The summed E-state index contributed by atoms with van der Waals surface area (Å²) in [6.07, 6.45) is 2.16. The minimum atomic E-state index is 1.07. The third-order valence-corrected chi connectivity index (χ3v) is 6.98. The van der Waals surface area contributed by atoms with E-state index in [0.717, 1.165) is 12.8 Å². The Hall–Kier alpha value is -3.46. The van der Waals surface area contributed by atoms with Crippen molar-refractivity contribution in [2.45, 2.75) is 12.8 Å². The van der Waals surface area contributed by atoms with E-state index in [9.17, 15) is 0 Å². The summed E-state index contributed by atoms with van der Waals surface area (Å²) in [5.74, 6) is 0. The van der Waals surface area contributed by atoms with Gasteiger partial charge in [0.25, 0.3) is 0 Å². The monoisotopic (exact) mass is 375 g/mol. The number of fused-ring (bicyclic) bond motifs is 11. The highest BCUT2D eigenvalue weighted by molar-refractivity contribution is 6.21. The lowest BCUT2D eigenvalue weighted by Crippen LogP contribution is -2.04. The maximum absolute atomic E-state index is 3.68. The first-order valence-corrected chi connectivity index (χ1v) is 10.3. The third kappa shape index (κ3) is 1.74. The van der Waals surface area contributed by atoms with E-state index < -0.39 is 0 Å². The second kappa shape index (κ2) is 5.12. The molecule has 1 aliphatic carbocycles. The molecular weight excluding hydrogens is 354 g/mol. The van der Waals surface area contributed by atoms with Crippen LogP contribution in [0.25, 0.3) is 54.9 Å². The van der Waals surface area contributed by atoms with Crippen molar-refractivity contribution in [3.8, 4) is 11.3 Å². The zero-order valence-electron chi connectivity index (χ0n) is 16.6. The number of nitrogens with one attached hydrogen (secondary N) is 1. The van der Waals surface area contributed by atoms with Crippen LogP contribution in [0.2, 0.25) is 0 Å². The summed E-state index contributed by atoms with van der Waals surface area (Å²) in [6, 6.07) is 22.1. The van der Waals surface area contributed by atoms with E-state index in [-0.39, 0.29) is 0 Å². The van der Waals surface area contributed by atoms with Gasteiger partial charge in [-0.1, -0.05) is 42.5 Å². The van der Waals surface area contributed by atoms with Crippen LogP contribution < -0.4 is 0 Å². The summed E-state index contributed by atoms with van der Waals surface area (Å²) in [5, 5.41) is 5.46. The van der Waals surface area contributed by atoms with Gasteiger partial charge in [0.05, 0.1) is 16.7 Å². The number of hydrogen-bond acceptors (Lipinski definition) is 0. The molecule has 0 amide bonds. The van der Waals surface area contributed by atoms with Gasteiger partial charge in [-0.05, 0) is 36.6 Å². The van der Waals surface area contributed by atoms with E-state index in [1.54, 1.807) is 0 Å². The van der Waals surface area contributed by atoms with Gasteiger partial charge in [0, 0.05) is 57.9 Å². The Labute approximate surface area is 168 Å². The Kier molecular flexibility index (Phi) is 2.73. The predicted molar refractivity (Wildman–Crippen MR) is 122 cm³/mol. The van der Waals surface area contributed by atoms with Gasteiger partial charge in [0.1, 0.15) is 0 Å². The van der Waals surface area contributed by atoms with Crippen LogP contribution in [-0.2, 0) is 26.9 Å². The van der Waals surface area contributed by atoms with Crippen molar-refractivity contribution in [2.75, 3.05) is 0 Å². The van der Waals surface area contributed by atoms with Crippen molar-refractivity contribution in [2.24, 2.45) is 14.1 Å². The topological polar surface area (TPSA) is 25.6 Å². The molecule has 0 fully saturated rings.